The van der Waals surface area contributed by atoms with Gasteiger partial charge in [0.2, 0.25) is 5.75 Å². The largest absolute Gasteiger partial charge is 0.493 e. The van der Waals surface area contributed by atoms with Gasteiger partial charge < -0.3 is 23.8 Å². The van der Waals surface area contributed by atoms with Crippen LogP contribution in [0.4, 0.5) is 10.1 Å². The highest BCUT2D eigenvalue weighted by molar-refractivity contribution is 5.93. The smallest absolute Gasteiger partial charge is 0.203 e. The lowest BCUT2D eigenvalue weighted by molar-refractivity contribution is 0.122. The van der Waals surface area contributed by atoms with E-state index in [4.69, 9.17) is 23.9 Å². The quantitative estimate of drug-likeness (QED) is 0.390. The van der Waals surface area contributed by atoms with E-state index in [0.29, 0.717) is 58.3 Å². The maximum atomic E-state index is 15.4. The van der Waals surface area contributed by atoms with Crippen molar-refractivity contribution in [1.29, 1.82) is 0 Å². The molecule has 1 aliphatic heterocycles. The molecule has 1 fully saturated rings. The third kappa shape index (κ3) is 4.33. The molecule has 0 N–H and O–H groups in total. The van der Waals surface area contributed by atoms with E-state index < -0.39 is 0 Å². The van der Waals surface area contributed by atoms with Crippen molar-refractivity contribution in [3.05, 3.63) is 60.5 Å². The number of aromatic nitrogens is 2. The first kappa shape index (κ1) is 22.9. The van der Waals surface area contributed by atoms with Crippen LogP contribution < -0.4 is 19.1 Å². The summed E-state index contributed by atoms with van der Waals surface area (Å²) in [5.74, 6) is 1.22. The highest BCUT2D eigenvalue weighted by atomic mass is 19.1. The number of hydrogen-bond donors (Lipinski definition) is 0. The van der Waals surface area contributed by atoms with Crippen LogP contribution in [0.25, 0.3) is 33.4 Å². The molecular weight excluding hydrogens is 449 g/mol. The zero-order valence-electron chi connectivity index (χ0n) is 19.9. The first-order valence-corrected chi connectivity index (χ1v) is 11.3. The second-order valence-corrected chi connectivity index (χ2v) is 8.11. The first-order valence-electron chi connectivity index (χ1n) is 11.3. The van der Waals surface area contributed by atoms with Crippen molar-refractivity contribution < 1.29 is 23.3 Å². The Hall–Kier alpha value is -3.91. The van der Waals surface area contributed by atoms with Crippen LogP contribution in [0, 0.1) is 5.82 Å². The summed E-state index contributed by atoms with van der Waals surface area (Å²) < 4.78 is 37.2. The van der Waals surface area contributed by atoms with Gasteiger partial charge in [0.25, 0.3) is 0 Å². The van der Waals surface area contributed by atoms with E-state index in [-0.39, 0.29) is 5.82 Å². The van der Waals surface area contributed by atoms with Crippen LogP contribution >= 0.6 is 0 Å². The Balaban J connectivity index is 1.59. The molecule has 3 aromatic carbocycles. The van der Waals surface area contributed by atoms with Crippen LogP contribution in [-0.4, -0.2) is 57.6 Å². The fourth-order valence-electron chi connectivity index (χ4n) is 4.36. The van der Waals surface area contributed by atoms with E-state index >= 15 is 4.39 Å². The van der Waals surface area contributed by atoms with Gasteiger partial charge in [0.05, 0.1) is 57.5 Å². The molecule has 8 heteroatoms. The minimum absolute atomic E-state index is 0.304. The molecule has 0 atom stereocenters. The van der Waals surface area contributed by atoms with Crippen LogP contribution in [0.1, 0.15) is 0 Å². The number of morpholine rings is 1. The maximum Gasteiger partial charge on any atom is 0.203 e. The number of para-hydroxylation sites is 1. The highest BCUT2D eigenvalue weighted by Crippen LogP contribution is 2.41. The lowest BCUT2D eigenvalue weighted by atomic mass is 10.0. The Kier molecular flexibility index (Phi) is 6.37. The SMILES string of the molecule is COc1cc(-c2cnc3cccc(-c4ccc(N5CCOCC5)cc4F)c3n2)cc(OC)c1OC. The van der Waals surface area contributed by atoms with Gasteiger partial charge in [-0.3, -0.25) is 4.98 Å². The van der Waals surface area contributed by atoms with Crippen molar-refractivity contribution in [3.8, 4) is 39.6 Å². The number of anilines is 1. The third-order valence-corrected chi connectivity index (χ3v) is 6.15. The van der Waals surface area contributed by atoms with Crippen molar-refractivity contribution in [2.45, 2.75) is 0 Å². The molecule has 1 saturated heterocycles. The number of methoxy groups -OCH3 is 3. The van der Waals surface area contributed by atoms with Gasteiger partial charge in [-0.15, -0.1) is 0 Å². The zero-order chi connectivity index (χ0) is 24.4. The zero-order valence-corrected chi connectivity index (χ0v) is 19.9. The average molecular weight is 476 g/mol. The van der Waals surface area contributed by atoms with Gasteiger partial charge in [0, 0.05) is 35.5 Å². The molecule has 7 nitrogen and oxygen atoms in total. The second kappa shape index (κ2) is 9.76. The summed E-state index contributed by atoms with van der Waals surface area (Å²) in [5.41, 5.74) is 4.63. The summed E-state index contributed by atoms with van der Waals surface area (Å²) in [6.45, 7) is 2.78. The molecule has 1 aromatic heterocycles. The van der Waals surface area contributed by atoms with Crippen LogP contribution in [0.15, 0.2) is 54.7 Å². The molecule has 0 unspecified atom stereocenters. The van der Waals surface area contributed by atoms with Crippen LogP contribution in [0.5, 0.6) is 17.2 Å². The second-order valence-electron chi connectivity index (χ2n) is 8.11. The molecule has 4 aromatic rings. The molecule has 0 spiro atoms. The van der Waals surface area contributed by atoms with Crippen molar-refractivity contribution in [3.63, 3.8) is 0 Å². The summed E-state index contributed by atoms with van der Waals surface area (Å²) in [7, 11) is 4.68. The molecule has 0 radical (unpaired) electrons. The van der Waals surface area contributed by atoms with Crippen LogP contribution in [0.3, 0.4) is 0 Å². The van der Waals surface area contributed by atoms with Crippen molar-refractivity contribution in [2.24, 2.45) is 0 Å². The molecule has 180 valence electrons. The number of hydrogen-bond acceptors (Lipinski definition) is 7. The number of halogens is 1. The van der Waals surface area contributed by atoms with Crippen LogP contribution in [-0.2, 0) is 4.74 Å². The molecule has 0 saturated carbocycles. The molecule has 0 bridgehead atoms. The number of nitrogens with zero attached hydrogens (tertiary/aromatic N) is 3. The van der Waals surface area contributed by atoms with E-state index in [1.54, 1.807) is 33.6 Å². The van der Waals surface area contributed by atoms with E-state index in [1.165, 1.54) is 0 Å². The Morgan fingerprint density at radius 1 is 0.886 bits per heavy atom. The molecular formula is C27H26FN3O4. The summed E-state index contributed by atoms with van der Waals surface area (Å²) in [6, 6.07) is 14.6. The normalized spacial score (nSPS) is 13.7. The molecule has 5 rings (SSSR count). The van der Waals surface area contributed by atoms with Crippen molar-refractivity contribution in [1.82, 2.24) is 9.97 Å². The summed E-state index contributed by atoms with van der Waals surface area (Å²) in [6.07, 6.45) is 1.69. The minimum atomic E-state index is -0.304. The monoisotopic (exact) mass is 475 g/mol. The summed E-state index contributed by atoms with van der Waals surface area (Å²) >= 11 is 0. The Morgan fingerprint density at radius 3 is 2.29 bits per heavy atom. The van der Waals surface area contributed by atoms with E-state index in [0.717, 1.165) is 24.3 Å². The Labute approximate surface area is 203 Å². The maximum absolute atomic E-state index is 15.4. The Morgan fingerprint density at radius 2 is 1.63 bits per heavy atom. The predicted molar refractivity (Wildman–Crippen MR) is 133 cm³/mol. The summed E-state index contributed by atoms with van der Waals surface area (Å²) in [4.78, 5) is 11.6. The van der Waals surface area contributed by atoms with Gasteiger partial charge in [-0.05, 0) is 36.4 Å². The van der Waals surface area contributed by atoms with Gasteiger partial charge >= 0.3 is 0 Å². The molecule has 0 amide bonds. The molecule has 35 heavy (non-hydrogen) atoms. The van der Waals surface area contributed by atoms with Gasteiger partial charge in [0.1, 0.15) is 5.82 Å². The van der Waals surface area contributed by atoms with Crippen molar-refractivity contribution in [2.75, 3.05) is 52.5 Å². The van der Waals surface area contributed by atoms with Gasteiger partial charge in [-0.25, -0.2) is 9.37 Å². The number of ether oxygens (including phenoxy) is 4. The lowest BCUT2D eigenvalue weighted by Gasteiger charge is -2.29. The van der Waals surface area contributed by atoms with Gasteiger partial charge in [-0.1, -0.05) is 12.1 Å². The standard InChI is InChI=1S/C27H26FN3O4/c1-32-24-13-17(14-25(33-2)27(24)34-3)23-16-29-22-6-4-5-20(26(22)30-23)19-8-7-18(15-21(19)28)31-9-11-35-12-10-31/h4-8,13-16H,9-12H2,1-3H3. The predicted octanol–water partition coefficient (Wildman–Crippen LogP) is 4.97. The number of benzene rings is 3. The fraction of sp³-hybridized carbons (Fsp3) is 0.259. The third-order valence-electron chi connectivity index (χ3n) is 6.15. The average Bonchev–Trinajstić information content (AvgIpc) is 2.92. The fourth-order valence-corrected chi connectivity index (χ4v) is 4.36. The van der Waals surface area contributed by atoms with E-state index in [9.17, 15) is 0 Å². The van der Waals surface area contributed by atoms with Crippen LogP contribution in [0.2, 0.25) is 0 Å². The molecule has 2 heterocycles. The minimum Gasteiger partial charge on any atom is -0.493 e. The van der Waals surface area contributed by atoms with Gasteiger partial charge in [-0.2, -0.15) is 0 Å². The molecule has 1 aliphatic rings. The summed E-state index contributed by atoms with van der Waals surface area (Å²) in [5, 5.41) is 0. The van der Waals surface area contributed by atoms with Gasteiger partial charge in [0.15, 0.2) is 11.5 Å². The Bertz CT molecular complexity index is 1350. The van der Waals surface area contributed by atoms with E-state index in [2.05, 4.69) is 9.88 Å². The molecule has 0 aliphatic carbocycles. The first-order chi connectivity index (χ1) is 17.1. The highest BCUT2D eigenvalue weighted by Gasteiger charge is 2.18. The topological polar surface area (TPSA) is 65.9 Å². The van der Waals surface area contributed by atoms with E-state index in [1.807, 2.05) is 42.5 Å². The van der Waals surface area contributed by atoms with Crippen molar-refractivity contribution >= 4 is 16.7 Å². The lowest BCUT2D eigenvalue weighted by Crippen LogP contribution is -2.36. The number of rotatable bonds is 6. The number of fused-ring (bicyclic) bond motifs is 1.